The topological polar surface area (TPSA) is 55.1 Å². The molecule has 4 bridgehead atoms. The molecule has 5 fully saturated rings. The van der Waals surface area contributed by atoms with Gasteiger partial charge in [-0.2, -0.15) is 0 Å². The van der Waals surface area contributed by atoms with Crippen molar-refractivity contribution in [1.82, 2.24) is 5.32 Å². The van der Waals surface area contributed by atoms with Crippen LogP contribution in [-0.2, 0) is 10.2 Å². The summed E-state index contributed by atoms with van der Waals surface area (Å²) in [6.45, 7) is 3.11. The number of nitrogens with one attached hydrogen (secondary N) is 1. The molecule has 0 radical (unpaired) electrons. The number of hydrogen-bond acceptors (Lipinski definition) is 2. The second-order valence-electron chi connectivity index (χ2n) is 11.0. The largest absolute Gasteiger partial charge is 0.353 e. The molecule has 3 N–H and O–H groups in total. The van der Waals surface area contributed by atoms with Crippen LogP contribution in [0.25, 0.3) is 0 Å². The van der Waals surface area contributed by atoms with Crippen LogP contribution < -0.4 is 11.1 Å². The third kappa shape index (κ3) is 2.91. The average Bonchev–Trinajstić information content (AvgIpc) is 3.08. The lowest BCUT2D eigenvalue weighted by atomic mass is 9.63. The third-order valence-electron chi connectivity index (χ3n) is 9.39. The summed E-state index contributed by atoms with van der Waals surface area (Å²) in [6.07, 6.45) is 13.0. The molecule has 0 saturated heterocycles. The molecule has 1 amide bonds. The van der Waals surface area contributed by atoms with Gasteiger partial charge in [-0.05, 0) is 99.0 Å². The van der Waals surface area contributed by atoms with E-state index in [1.54, 1.807) is 0 Å². The summed E-state index contributed by atoms with van der Waals surface area (Å²) < 4.78 is 0. The number of carbonyl (C=O) groups is 1. The van der Waals surface area contributed by atoms with Gasteiger partial charge in [-0.25, -0.2) is 0 Å². The molecule has 0 heterocycles. The second kappa shape index (κ2) is 7.11. The van der Waals surface area contributed by atoms with Crippen LogP contribution in [0.1, 0.15) is 83.1 Å². The van der Waals surface area contributed by atoms with E-state index < -0.39 is 0 Å². The Morgan fingerprint density at radius 3 is 2.52 bits per heavy atom. The molecule has 2 unspecified atom stereocenters. The Balaban J connectivity index is 1.43. The van der Waals surface area contributed by atoms with Crippen LogP contribution >= 0.6 is 0 Å². The molecule has 5 aliphatic carbocycles. The zero-order valence-electron chi connectivity index (χ0n) is 18.1. The van der Waals surface area contributed by atoms with E-state index in [1.165, 1.54) is 50.5 Å². The van der Waals surface area contributed by atoms with Gasteiger partial charge in [0.25, 0.3) is 0 Å². The van der Waals surface area contributed by atoms with Crippen molar-refractivity contribution in [3.05, 3.63) is 35.9 Å². The van der Waals surface area contributed by atoms with Crippen LogP contribution in [-0.4, -0.2) is 18.5 Å². The minimum absolute atomic E-state index is 0.132. The van der Waals surface area contributed by atoms with E-state index in [1.807, 2.05) is 0 Å². The van der Waals surface area contributed by atoms with Crippen molar-refractivity contribution < 1.29 is 4.79 Å². The van der Waals surface area contributed by atoms with Gasteiger partial charge in [-0.15, -0.1) is 0 Å². The van der Waals surface area contributed by atoms with Crippen LogP contribution in [0.2, 0.25) is 0 Å². The number of nitrogens with two attached hydrogens (primary N) is 1. The van der Waals surface area contributed by atoms with Gasteiger partial charge in [0, 0.05) is 6.04 Å². The fraction of sp³-hybridized carbons (Fsp3) is 0.731. The maximum absolute atomic E-state index is 14.0. The van der Waals surface area contributed by atoms with E-state index in [9.17, 15) is 4.79 Å². The van der Waals surface area contributed by atoms with Crippen LogP contribution in [0.5, 0.6) is 0 Å². The minimum atomic E-state index is -0.132. The predicted octanol–water partition coefficient (Wildman–Crippen LogP) is 4.94. The highest BCUT2D eigenvalue weighted by Crippen LogP contribution is 2.77. The van der Waals surface area contributed by atoms with Crippen molar-refractivity contribution in [2.75, 3.05) is 6.54 Å². The zero-order valence-corrected chi connectivity index (χ0v) is 18.1. The monoisotopic (exact) mass is 394 g/mol. The SMILES string of the molecule is CCC[C@]12CC3CC1(C(=O)N[C@H]1CC[C@@H](CN)CC1)C[C@@](c1ccccc1)(C3)C2. The van der Waals surface area contributed by atoms with E-state index in [0.29, 0.717) is 17.9 Å². The summed E-state index contributed by atoms with van der Waals surface area (Å²) in [6, 6.07) is 11.5. The van der Waals surface area contributed by atoms with Crippen molar-refractivity contribution in [2.45, 2.75) is 89.0 Å². The second-order valence-corrected chi connectivity index (χ2v) is 11.0. The number of hydrogen-bond donors (Lipinski definition) is 2. The summed E-state index contributed by atoms with van der Waals surface area (Å²) in [7, 11) is 0. The van der Waals surface area contributed by atoms with Gasteiger partial charge in [-0.3, -0.25) is 4.79 Å². The molecule has 5 saturated carbocycles. The Morgan fingerprint density at radius 2 is 1.83 bits per heavy atom. The van der Waals surface area contributed by atoms with Gasteiger partial charge in [0.05, 0.1) is 5.41 Å². The van der Waals surface area contributed by atoms with Gasteiger partial charge in [0.2, 0.25) is 5.91 Å². The van der Waals surface area contributed by atoms with Gasteiger partial charge < -0.3 is 11.1 Å². The molecular formula is C26H38N2O. The molecule has 1 aromatic carbocycles. The van der Waals surface area contributed by atoms with E-state index >= 15 is 0 Å². The van der Waals surface area contributed by atoms with Crippen molar-refractivity contribution in [1.29, 1.82) is 0 Å². The number of benzene rings is 1. The molecule has 3 nitrogen and oxygen atoms in total. The van der Waals surface area contributed by atoms with Crippen molar-refractivity contribution >= 4 is 5.91 Å². The molecule has 29 heavy (non-hydrogen) atoms. The zero-order chi connectivity index (χ0) is 20.1. The maximum atomic E-state index is 14.0. The Morgan fingerprint density at radius 1 is 1.07 bits per heavy atom. The normalized spacial score (nSPS) is 42.9. The van der Waals surface area contributed by atoms with Gasteiger partial charge in [0.1, 0.15) is 0 Å². The molecule has 0 spiro atoms. The lowest BCUT2D eigenvalue weighted by Crippen LogP contribution is -2.51. The van der Waals surface area contributed by atoms with Crippen molar-refractivity contribution in [2.24, 2.45) is 28.4 Å². The molecule has 1 aromatic rings. The fourth-order valence-corrected chi connectivity index (χ4v) is 8.46. The molecule has 5 aliphatic rings. The summed E-state index contributed by atoms with van der Waals surface area (Å²) >= 11 is 0. The van der Waals surface area contributed by atoms with Crippen LogP contribution in [0.15, 0.2) is 30.3 Å². The highest BCUT2D eigenvalue weighted by molar-refractivity contribution is 5.86. The molecular weight excluding hydrogens is 356 g/mol. The van der Waals surface area contributed by atoms with Crippen LogP contribution in [0, 0.1) is 22.7 Å². The number of rotatable bonds is 6. The molecule has 4 atom stereocenters. The molecule has 3 heteroatoms. The minimum Gasteiger partial charge on any atom is -0.353 e. The lowest BCUT2D eigenvalue weighted by Gasteiger charge is -2.41. The summed E-state index contributed by atoms with van der Waals surface area (Å²) in [4.78, 5) is 14.0. The predicted molar refractivity (Wildman–Crippen MR) is 117 cm³/mol. The highest BCUT2D eigenvalue weighted by atomic mass is 16.2. The first-order valence-electron chi connectivity index (χ1n) is 12.1. The fourth-order valence-electron chi connectivity index (χ4n) is 8.46. The van der Waals surface area contributed by atoms with E-state index in [-0.39, 0.29) is 16.2 Å². The van der Waals surface area contributed by atoms with E-state index in [0.717, 1.165) is 38.1 Å². The molecule has 0 aromatic heterocycles. The standard InChI is InChI=1S/C26H38N2O/c1-2-12-25-14-20-13-24(17-25,21-6-4-3-5-7-21)18-26(25,15-20)23(29)28-22-10-8-19(16-27)9-11-22/h3-7,19-20,22H,2,8-18,27H2,1H3,(H,28,29)/t19-,20?,22+,24-,25-,26?/m1/s1. The highest BCUT2D eigenvalue weighted by Gasteiger charge is 2.73. The Kier molecular flexibility index (Phi) is 4.81. The Bertz CT molecular complexity index is 755. The summed E-state index contributed by atoms with van der Waals surface area (Å²) in [5.41, 5.74) is 7.68. The van der Waals surface area contributed by atoms with Crippen LogP contribution in [0.3, 0.4) is 0 Å². The van der Waals surface area contributed by atoms with Gasteiger partial charge in [0.15, 0.2) is 0 Å². The van der Waals surface area contributed by atoms with Crippen LogP contribution in [0.4, 0.5) is 0 Å². The first-order valence-corrected chi connectivity index (χ1v) is 12.1. The van der Waals surface area contributed by atoms with Crippen molar-refractivity contribution in [3.63, 3.8) is 0 Å². The Labute approximate surface area is 176 Å². The van der Waals surface area contributed by atoms with E-state index in [2.05, 4.69) is 42.6 Å². The number of carbonyl (C=O) groups excluding carboxylic acids is 1. The summed E-state index contributed by atoms with van der Waals surface area (Å²) in [5.74, 6) is 1.79. The average molecular weight is 395 g/mol. The Hall–Kier alpha value is -1.35. The molecule has 6 rings (SSSR count). The lowest BCUT2D eigenvalue weighted by molar-refractivity contribution is -0.137. The number of amides is 1. The van der Waals surface area contributed by atoms with Gasteiger partial charge >= 0.3 is 0 Å². The maximum Gasteiger partial charge on any atom is 0.227 e. The first-order chi connectivity index (χ1) is 14.0. The summed E-state index contributed by atoms with van der Waals surface area (Å²) in [5, 5.41) is 3.58. The molecule has 0 aliphatic heterocycles. The quantitative estimate of drug-likeness (QED) is 0.718. The third-order valence-corrected chi connectivity index (χ3v) is 9.39. The first kappa shape index (κ1) is 19.6. The van der Waals surface area contributed by atoms with E-state index in [4.69, 9.17) is 5.73 Å². The molecule has 158 valence electrons. The smallest absolute Gasteiger partial charge is 0.227 e. The van der Waals surface area contributed by atoms with Crippen molar-refractivity contribution in [3.8, 4) is 0 Å². The van der Waals surface area contributed by atoms with Gasteiger partial charge in [-0.1, -0.05) is 43.7 Å².